The second kappa shape index (κ2) is 6.11. The number of thiocarbonyl (C=S) groups is 1. The van der Waals surface area contributed by atoms with Crippen molar-refractivity contribution < 1.29 is 0 Å². The molecule has 0 aromatic carbocycles. The van der Waals surface area contributed by atoms with Crippen molar-refractivity contribution in [1.82, 2.24) is 0 Å². The van der Waals surface area contributed by atoms with E-state index in [1.54, 1.807) is 17.1 Å². The van der Waals surface area contributed by atoms with E-state index in [1.165, 1.54) is 6.21 Å². The monoisotopic (exact) mass is 133 g/mol. The second-order valence-corrected chi connectivity index (χ2v) is 2.32. The van der Waals surface area contributed by atoms with E-state index in [-0.39, 0.29) is 0 Å². The van der Waals surface area contributed by atoms with Gasteiger partial charge in [0.05, 0.1) is 0 Å². The summed E-state index contributed by atoms with van der Waals surface area (Å²) in [5, 5.41) is 8.26. The minimum Gasteiger partial charge on any atom is -0.312 e. The molecule has 0 rings (SSSR count). The molecule has 0 aliphatic heterocycles. The van der Waals surface area contributed by atoms with E-state index >= 15 is 0 Å². The molecule has 3 heteroatoms. The Hall–Kier alpha value is 0.110. The highest BCUT2D eigenvalue weighted by molar-refractivity contribution is 8.01. The van der Waals surface area contributed by atoms with Gasteiger partial charge in [-0.1, -0.05) is 12.2 Å². The Morgan fingerprint density at radius 3 is 2.71 bits per heavy atom. The average Bonchev–Trinajstić information content (AvgIpc) is 1.69. The van der Waals surface area contributed by atoms with E-state index in [2.05, 4.69) is 12.2 Å². The van der Waals surface area contributed by atoms with Gasteiger partial charge in [0, 0.05) is 17.7 Å². The van der Waals surface area contributed by atoms with Crippen LogP contribution in [0.5, 0.6) is 0 Å². The zero-order valence-electron chi connectivity index (χ0n) is 3.89. The van der Waals surface area contributed by atoms with E-state index in [0.717, 1.165) is 11.5 Å². The van der Waals surface area contributed by atoms with Gasteiger partial charge >= 0.3 is 0 Å². The van der Waals surface area contributed by atoms with Crippen molar-refractivity contribution in [2.24, 2.45) is 0 Å². The topological polar surface area (TPSA) is 23.9 Å². The minimum atomic E-state index is 0.785. The zero-order valence-corrected chi connectivity index (χ0v) is 5.52. The first-order chi connectivity index (χ1) is 3.41. The highest BCUT2D eigenvalue weighted by Gasteiger charge is 1.75. The third kappa shape index (κ3) is 6.11. The van der Waals surface area contributed by atoms with Crippen LogP contribution in [0.1, 0.15) is 0 Å². The lowest BCUT2D eigenvalue weighted by atomic mass is 10.9. The normalized spacial score (nSPS) is 8.00. The van der Waals surface area contributed by atoms with Crippen LogP contribution in [-0.4, -0.2) is 23.1 Å². The fourth-order valence-electron chi connectivity index (χ4n) is 0.175. The second-order valence-electron chi connectivity index (χ2n) is 0.908. The van der Waals surface area contributed by atoms with Gasteiger partial charge in [0.15, 0.2) is 0 Å². The Balaban J connectivity index is 2.68. The predicted molar refractivity (Wildman–Crippen MR) is 39.8 cm³/mol. The maximum atomic E-state index is 6.59. The molecule has 0 heterocycles. The van der Waals surface area contributed by atoms with Crippen molar-refractivity contribution in [1.29, 1.82) is 5.41 Å². The molecule has 0 amide bonds. The van der Waals surface area contributed by atoms with Crippen molar-refractivity contribution in [3.8, 4) is 0 Å². The van der Waals surface area contributed by atoms with Crippen molar-refractivity contribution in [3.05, 3.63) is 0 Å². The predicted octanol–water partition coefficient (Wildman–Crippen LogP) is 1.37. The fourth-order valence-corrected chi connectivity index (χ4v) is 0.814. The minimum absolute atomic E-state index is 0.785. The number of nitrogens with one attached hydrogen (secondary N) is 1. The zero-order chi connectivity index (χ0) is 5.54. The molecule has 0 aliphatic rings. The van der Waals surface area contributed by atoms with Gasteiger partial charge in [-0.3, -0.25) is 0 Å². The van der Waals surface area contributed by atoms with Crippen molar-refractivity contribution in [3.63, 3.8) is 0 Å². The van der Waals surface area contributed by atoms with Crippen molar-refractivity contribution >= 4 is 35.6 Å². The summed E-state index contributed by atoms with van der Waals surface area (Å²) in [6, 6.07) is 0. The van der Waals surface area contributed by atoms with Crippen LogP contribution in [0.4, 0.5) is 0 Å². The first kappa shape index (κ1) is 7.11. The first-order valence-electron chi connectivity index (χ1n) is 1.92. The lowest BCUT2D eigenvalue weighted by Crippen LogP contribution is -1.80. The Morgan fingerprint density at radius 2 is 2.29 bits per heavy atom. The van der Waals surface area contributed by atoms with Crippen LogP contribution in [0.3, 0.4) is 0 Å². The van der Waals surface area contributed by atoms with E-state index < -0.39 is 0 Å². The molecular formula is C4H7NS2. The molecule has 0 aromatic heterocycles. The number of hydrogen-bond donors (Lipinski definition) is 1. The summed E-state index contributed by atoms with van der Waals surface area (Å²) >= 11 is 6.19. The summed E-state index contributed by atoms with van der Waals surface area (Å²) in [5.74, 6) is 1.66. The van der Waals surface area contributed by atoms with Gasteiger partial charge in [-0.15, -0.1) is 0 Å². The fraction of sp³-hybridized carbons (Fsp3) is 0.500. The highest BCUT2D eigenvalue weighted by atomic mass is 32.2. The molecule has 0 aliphatic carbocycles. The Labute approximate surface area is 53.0 Å². The average molecular weight is 133 g/mol. The molecule has 40 valence electrons. The SMILES string of the molecule is N=CCSCC=S. The molecule has 0 bridgehead atoms. The van der Waals surface area contributed by atoms with Gasteiger partial charge in [0.25, 0.3) is 0 Å². The Morgan fingerprint density at radius 1 is 1.57 bits per heavy atom. The Bertz CT molecular complexity index is 54.7. The molecule has 0 saturated heterocycles. The lowest BCUT2D eigenvalue weighted by molar-refractivity contribution is 1.55. The molecule has 0 radical (unpaired) electrons. The molecular weight excluding hydrogens is 126 g/mol. The summed E-state index contributed by atoms with van der Waals surface area (Å²) in [7, 11) is 0. The van der Waals surface area contributed by atoms with E-state index in [1.807, 2.05) is 0 Å². The summed E-state index contributed by atoms with van der Waals surface area (Å²) < 4.78 is 0. The van der Waals surface area contributed by atoms with Crippen LogP contribution in [0.25, 0.3) is 0 Å². The standard InChI is InChI=1S/C4H7NS2/c5-1-3-7-4-2-6/h1-2,5H,3-4H2. The lowest BCUT2D eigenvalue weighted by Gasteiger charge is -1.83. The van der Waals surface area contributed by atoms with Crippen molar-refractivity contribution in [2.45, 2.75) is 0 Å². The number of rotatable bonds is 4. The smallest absolute Gasteiger partial charge is 0.0284 e. The van der Waals surface area contributed by atoms with Crippen LogP contribution >= 0.6 is 24.0 Å². The van der Waals surface area contributed by atoms with Crippen LogP contribution in [0, 0.1) is 5.41 Å². The summed E-state index contributed by atoms with van der Waals surface area (Å²) in [4.78, 5) is 0. The molecule has 0 unspecified atom stereocenters. The van der Waals surface area contributed by atoms with Gasteiger partial charge in [0.2, 0.25) is 0 Å². The number of hydrogen-bond acceptors (Lipinski definition) is 3. The van der Waals surface area contributed by atoms with E-state index in [4.69, 9.17) is 5.41 Å². The number of thioether (sulfide) groups is 1. The van der Waals surface area contributed by atoms with Crippen LogP contribution in [-0.2, 0) is 0 Å². The van der Waals surface area contributed by atoms with Crippen LogP contribution in [0.15, 0.2) is 0 Å². The van der Waals surface area contributed by atoms with Gasteiger partial charge in [-0.2, -0.15) is 11.8 Å². The third-order valence-corrected chi connectivity index (χ3v) is 1.57. The van der Waals surface area contributed by atoms with Gasteiger partial charge < -0.3 is 5.41 Å². The maximum Gasteiger partial charge on any atom is 0.0284 e. The largest absolute Gasteiger partial charge is 0.312 e. The van der Waals surface area contributed by atoms with Crippen LogP contribution in [0.2, 0.25) is 0 Å². The van der Waals surface area contributed by atoms with E-state index in [9.17, 15) is 0 Å². The first-order valence-corrected chi connectivity index (χ1v) is 3.54. The summed E-state index contributed by atoms with van der Waals surface area (Å²) in [5.41, 5.74) is 0. The Kier molecular flexibility index (Phi) is 6.21. The molecule has 0 aromatic rings. The molecule has 7 heavy (non-hydrogen) atoms. The molecule has 1 nitrogen and oxygen atoms in total. The maximum absolute atomic E-state index is 6.59. The molecule has 0 fully saturated rings. The molecule has 1 N–H and O–H groups in total. The molecule has 0 atom stereocenters. The summed E-state index contributed by atoms with van der Waals surface area (Å²) in [6.07, 6.45) is 1.38. The van der Waals surface area contributed by atoms with Gasteiger partial charge in [-0.05, 0) is 5.37 Å². The highest BCUT2D eigenvalue weighted by Crippen LogP contribution is 1.92. The van der Waals surface area contributed by atoms with Gasteiger partial charge in [0.1, 0.15) is 0 Å². The molecule has 0 saturated carbocycles. The third-order valence-electron chi connectivity index (χ3n) is 0.387. The van der Waals surface area contributed by atoms with Crippen molar-refractivity contribution in [2.75, 3.05) is 11.5 Å². The van der Waals surface area contributed by atoms with Gasteiger partial charge in [-0.25, -0.2) is 0 Å². The van der Waals surface area contributed by atoms with E-state index in [0.29, 0.717) is 0 Å². The van der Waals surface area contributed by atoms with Crippen LogP contribution < -0.4 is 0 Å². The quantitative estimate of drug-likeness (QED) is 0.356. The summed E-state index contributed by atoms with van der Waals surface area (Å²) in [6.45, 7) is 0. The molecule has 0 spiro atoms.